The molecule has 0 atom stereocenters. The highest BCUT2D eigenvalue weighted by molar-refractivity contribution is 5.91. The van der Waals surface area contributed by atoms with Crippen molar-refractivity contribution in [3.05, 3.63) is 48.0 Å². The molecule has 1 heterocycles. The van der Waals surface area contributed by atoms with Gasteiger partial charge in [0.25, 0.3) is 0 Å². The van der Waals surface area contributed by atoms with Gasteiger partial charge in [-0.15, -0.1) is 0 Å². The third-order valence-electron chi connectivity index (χ3n) is 5.55. The van der Waals surface area contributed by atoms with Crippen LogP contribution in [0.15, 0.2) is 42.5 Å². The van der Waals surface area contributed by atoms with Crippen LogP contribution >= 0.6 is 0 Å². The summed E-state index contributed by atoms with van der Waals surface area (Å²) < 4.78 is 10.8. The molecule has 30 heavy (non-hydrogen) atoms. The fourth-order valence-corrected chi connectivity index (χ4v) is 3.61. The summed E-state index contributed by atoms with van der Waals surface area (Å²) in [6.07, 6.45) is 1.09. The van der Waals surface area contributed by atoms with E-state index in [2.05, 4.69) is 34.2 Å². The van der Waals surface area contributed by atoms with Crippen LogP contribution in [-0.2, 0) is 4.79 Å². The van der Waals surface area contributed by atoms with Gasteiger partial charge in [-0.1, -0.05) is 6.92 Å². The van der Waals surface area contributed by atoms with Crippen molar-refractivity contribution < 1.29 is 14.3 Å². The van der Waals surface area contributed by atoms with E-state index in [4.69, 9.17) is 9.47 Å². The van der Waals surface area contributed by atoms with Gasteiger partial charge < -0.3 is 24.6 Å². The van der Waals surface area contributed by atoms with Crippen LogP contribution in [0.25, 0.3) is 0 Å². The number of carbonyl (C=O) groups is 1. The fraction of sp³-hybridized carbons (Fsp3) is 0.458. The minimum atomic E-state index is 0.0146. The normalized spacial score (nSPS) is 14.4. The molecule has 0 radical (unpaired) electrons. The Morgan fingerprint density at radius 1 is 1.03 bits per heavy atom. The number of hydrogen-bond acceptors (Lipinski definition) is 5. The SMILES string of the molecule is CCN1CCN(c2ccc(NC(=O)CCCOc3ccc(OC)cc3)c(C)c2)CC1. The number of methoxy groups -OCH3 is 1. The first-order chi connectivity index (χ1) is 14.6. The van der Waals surface area contributed by atoms with Crippen molar-refractivity contribution in [2.24, 2.45) is 0 Å². The molecular weight excluding hydrogens is 378 g/mol. The Balaban J connectivity index is 1.42. The average Bonchev–Trinajstić information content (AvgIpc) is 2.78. The number of ether oxygens (including phenoxy) is 2. The number of benzene rings is 2. The van der Waals surface area contributed by atoms with Crippen LogP contribution in [0, 0.1) is 6.92 Å². The molecule has 1 aliphatic heterocycles. The van der Waals surface area contributed by atoms with Crippen molar-refractivity contribution in [2.75, 3.05) is 56.7 Å². The zero-order valence-electron chi connectivity index (χ0n) is 18.3. The van der Waals surface area contributed by atoms with Gasteiger partial charge in [0.15, 0.2) is 0 Å². The third-order valence-corrected chi connectivity index (χ3v) is 5.55. The van der Waals surface area contributed by atoms with Crippen LogP contribution in [0.4, 0.5) is 11.4 Å². The number of hydrogen-bond donors (Lipinski definition) is 1. The molecule has 6 nitrogen and oxygen atoms in total. The third kappa shape index (κ3) is 6.13. The number of carbonyl (C=O) groups excluding carboxylic acids is 1. The Kier molecular flexibility index (Phi) is 7.97. The van der Waals surface area contributed by atoms with Crippen LogP contribution in [0.3, 0.4) is 0 Å². The number of aryl methyl sites for hydroxylation is 1. The number of nitrogens with zero attached hydrogens (tertiary/aromatic N) is 2. The standard InChI is InChI=1S/C24H33N3O3/c1-4-26-13-15-27(16-14-26)20-7-12-23(19(2)18-20)25-24(28)6-5-17-30-22-10-8-21(29-3)9-11-22/h7-12,18H,4-6,13-17H2,1-3H3,(H,25,28). The van der Waals surface area contributed by atoms with E-state index < -0.39 is 0 Å². The van der Waals surface area contributed by atoms with E-state index >= 15 is 0 Å². The molecule has 0 bridgehead atoms. The molecular formula is C24H33N3O3. The lowest BCUT2D eigenvalue weighted by Crippen LogP contribution is -2.46. The van der Waals surface area contributed by atoms with Crippen LogP contribution in [-0.4, -0.2) is 57.2 Å². The smallest absolute Gasteiger partial charge is 0.224 e. The van der Waals surface area contributed by atoms with Crippen LogP contribution < -0.4 is 19.7 Å². The lowest BCUT2D eigenvalue weighted by molar-refractivity contribution is -0.116. The lowest BCUT2D eigenvalue weighted by atomic mass is 10.1. The van der Waals surface area contributed by atoms with Gasteiger partial charge in [0.1, 0.15) is 11.5 Å². The highest BCUT2D eigenvalue weighted by atomic mass is 16.5. The van der Waals surface area contributed by atoms with E-state index in [1.165, 1.54) is 5.69 Å². The van der Waals surface area contributed by atoms with Gasteiger partial charge in [0, 0.05) is 44.0 Å². The summed E-state index contributed by atoms with van der Waals surface area (Å²) in [6.45, 7) is 10.2. The molecule has 1 saturated heterocycles. The molecule has 6 heteroatoms. The average molecular weight is 412 g/mol. The first-order valence-electron chi connectivity index (χ1n) is 10.7. The van der Waals surface area contributed by atoms with Crippen molar-refractivity contribution in [3.63, 3.8) is 0 Å². The Labute approximate surface area is 179 Å². The number of likely N-dealkylation sites (N-methyl/N-ethyl adjacent to an activating group) is 1. The highest BCUT2D eigenvalue weighted by Gasteiger charge is 2.16. The molecule has 0 unspecified atom stereocenters. The van der Waals surface area contributed by atoms with E-state index in [1.54, 1.807) is 7.11 Å². The highest BCUT2D eigenvalue weighted by Crippen LogP contribution is 2.24. The molecule has 0 aliphatic carbocycles. The number of anilines is 2. The van der Waals surface area contributed by atoms with E-state index in [0.717, 1.165) is 55.5 Å². The van der Waals surface area contributed by atoms with Crippen molar-refractivity contribution >= 4 is 17.3 Å². The van der Waals surface area contributed by atoms with Crippen molar-refractivity contribution in [1.82, 2.24) is 4.90 Å². The van der Waals surface area contributed by atoms with Crippen LogP contribution in [0.5, 0.6) is 11.5 Å². The zero-order valence-corrected chi connectivity index (χ0v) is 18.3. The molecule has 162 valence electrons. The predicted molar refractivity (Wildman–Crippen MR) is 122 cm³/mol. The Morgan fingerprint density at radius 3 is 2.37 bits per heavy atom. The van der Waals surface area contributed by atoms with Gasteiger partial charge in [-0.3, -0.25) is 4.79 Å². The molecule has 0 saturated carbocycles. The summed E-state index contributed by atoms with van der Waals surface area (Å²) >= 11 is 0. The van der Waals surface area contributed by atoms with Gasteiger partial charge in [0.05, 0.1) is 13.7 Å². The van der Waals surface area contributed by atoms with E-state index in [-0.39, 0.29) is 5.91 Å². The molecule has 2 aromatic rings. The predicted octanol–water partition coefficient (Wildman–Crippen LogP) is 3.94. The number of rotatable bonds is 9. The van der Waals surface area contributed by atoms with Crippen molar-refractivity contribution in [1.29, 1.82) is 0 Å². The summed E-state index contributed by atoms with van der Waals surface area (Å²) in [5.41, 5.74) is 3.20. The molecule has 0 aromatic heterocycles. The molecule has 1 amide bonds. The summed E-state index contributed by atoms with van der Waals surface area (Å²) in [5, 5.41) is 3.03. The van der Waals surface area contributed by atoms with Crippen LogP contribution in [0.2, 0.25) is 0 Å². The summed E-state index contributed by atoms with van der Waals surface area (Å²) in [7, 11) is 1.64. The molecule has 3 rings (SSSR count). The second-order valence-corrected chi connectivity index (χ2v) is 7.60. The van der Waals surface area contributed by atoms with Gasteiger partial charge >= 0.3 is 0 Å². The number of amides is 1. The summed E-state index contributed by atoms with van der Waals surface area (Å²) in [6, 6.07) is 13.7. The quantitative estimate of drug-likeness (QED) is 0.634. The lowest BCUT2D eigenvalue weighted by Gasteiger charge is -2.35. The Hall–Kier alpha value is -2.73. The minimum Gasteiger partial charge on any atom is -0.497 e. The summed E-state index contributed by atoms with van der Waals surface area (Å²) in [4.78, 5) is 17.2. The van der Waals surface area contributed by atoms with E-state index in [0.29, 0.717) is 19.4 Å². The largest absolute Gasteiger partial charge is 0.497 e. The number of piperazine rings is 1. The number of nitrogens with one attached hydrogen (secondary N) is 1. The minimum absolute atomic E-state index is 0.0146. The topological polar surface area (TPSA) is 54.0 Å². The van der Waals surface area contributed by atoms with E-state index in [9.17, 15) is 4.79 Å². The first kappa shape index (κ1) is 22.0. The first-order valence-corrected chi connectivity index (χ1v) is 10.7. The van der Waals surface area contributed by atoms with Crippen molar-refractivity contribution in [2.45, 2.75) is 26.7 Å². The second-order valence-electron chi connectivity index (χ2n) is 7.60. The maximum atomic E-state index is 12.3. The van der Waals surface area contributed by atoms with Gasteiger partial charge in [0.2, 0.25) is 5.91 Å². The molecule has 2 aromatic carbocycles. The fourth-order valence-electron chi connectivity index (χ4n) is 3.61. The molecule has 1 aliphatic rings. The van der Waals surface area contributed by atoms with Gasteiger partial charge in [-0.2, -0.15) is 0 Å². The summed E-state index contributed by atoms with van der Waals surface area (Å²) in [5.74, 6) is 1.59. The second kappa shape index (κ2) is 10.9. The molecule has 1 N–H and O–H groups in total. The molecule has 0 spiro atoms. The molecule has 1 fully saturated rings. The zero-order chi connectivity index (χ0) is 21.3. The maximum Gasteiger partial charge on any atom is 0.224 e. The van der Waals surface area contributed by atoms with Gasteiger partial charge in [-0.05, 0) is 67.9 Å². The van der Waals surface area contributed by atoms with Gasteiger partial charge in [-0.25, -0.2) is 0 Å². The Morgan fingerprint density at radius 2 is 1.73 bits per heavy atom. The Bertz CT molecular complexity index is 815. The van der Waals surface area contributed by atoms with E-state index in [1.807, 2.05) is 37.3 Å². The monoisotopic (exact) mass is 411 g/mol. The van der Waals surface area contributed by atoms with Crippen molar-refractivity contribution in [3.8, 4) is 11.5 Å². The maximum absolute atomic E-state index is 12.3. The van der Waals surface area contributed by atoms with Crippen LogP contribution in [0.1, 0.15) is 25.3 Å².